The van der Waals surface area contributed by atoms with Crippen LogP contribution in [0.4, 0.5) is 5.82 Å². The molecule has 0 radical (unpaired) electrons. The van der Waals surface area contributed by atoms with E-state index >= 15 is 0 Å². The van der Waals surface area contributed by atoms with E-state index in [0.717, 1.165) is 24.5 Å². The first kappa shape index (κ1) is 13.8. The van der Waals surface area contributed by atoms with E-state index in [-0.39, 0.29) is 5.91 Å². The summed E-state index contributed by atoms with van der Waals surface area (Å²) in [6, 6.07) is 3.43. The summed E-state index contributed by atoms with van der Waals surface area (Å²) in [4.78, 5) is 11.2. The van der Waals surface area contributed by atoms with Crippen LogP contribution in [0, 0.1) is 0 Å². The second-order valence-electron chi connectivity index (χ2n) is 3.36. The van der Waals surface area contributed by atoms with Crippen molar-refractivity contribution < 1.29 is 4.79 Å². The van der Waals surface area contributed by atoms with Crippen LogP contribution >= 0.6 is 11.8 Å². The third-order valence-corrected chi connectivity index (χ3v) is 3.09. The Hall–Kier alpha value is -1.30. The first-order valence-corrected chi connectivity index (χ1v) is 6.80. The summed E-state index contributed by atoms with van der Waals surface area (Å²) in [5, 5.41) is 13.4. The molecule has 0 fully saturated rings. The highest BCUT2D eigenvalue weighted by Gasteiger charge is 2.04. The normalized spacial score (nSPS) is 10.0. The van der Waals surface area contributed by atoms with Crippen LogP contribution in [-0.4, -0.2) is 41.2 Å². The number of nitrogens with zero attached hydrogens (tertiary/aromatic N) is 2. The fourth-order valence-corrected chi connectivity index (χ4v) is 1.85. The smallest absolute Gasteiger partial charge is 0.271 e. The average molecular weight is 254 g/mol. The molecule has 0 saturated carbocycles. The Morgan fingerprint density at radius 3 is 2.82 bits per heavy atom. The Balaban J connectivity index is 2.33. The standard InChI is InChI=1S/C11H18N4OS/c1-3-17-8-4-7-13-10-6-5-9(14-15-10)11(16)12-2/h5-6H,3-4,7-8H2,1-2H3,(H,12,16)(H,13,15). The van der Waals surface area contributed by atoms with Gasteiger partial charge in [-0.15, -0.1) is 10.2 Å². The van der Waals surface area contributed by atoms with Crippen molar-refractivity contribution in [2.24, 2.45) is 0 Å². The highest BCUT2D eigenvalue weighted by atomic mass is 32.2. The molecular weight excluding hydrogens is 236 g/mol. The fourth-order valence-electron chi connectivity index (χ4n) is 1.21. The molecule has 0 aromatic carbocycles. The number of hydrogen-bond acceptors (Lipinski definition) is 5. The van der Waals surface area contributed by atoms with Gasteiger partial charge in [0.05, 0.1) is 0 Å². The van der Waals surface area contributed by atoms with Crippen molar-refractivity contribution in [3.8, 4) is 0 Å². The molecule has 0 saturated heterocycles. The number of nitrogens with one attached hydrogen (secondary N) is 2. The number of hydrogen-bond donors (Lipinski definition) is 2. The molecule has 1 aromatic heterocycles. The van der Waals surface area contributed by atoms with Crippen LogP contribution in [0.1, 0.15) is 23.8 Å². The van der Waals surface area contributed by atoms with E-state index in [4.69, 9.17) is 0 Å². The van der Waals surface area contributed by atoms with Crippen LogP contribution in [0.25, 0.3) is 0 Å². The van der Waals surface area contributed by atoms with Gasteiger partial charge in [0.25, 0.3) is 5.91 Å². The molecule has 17 heavy (non-hydrogen) atoms. The maximum absolute atomic E-state index is 11.2. The highest BCUT2D eigenvalue weighted by molar-refractivity contribution is 7.99. The fraction of sp³-hybridized carbons (Fsp3) is 0.545. The molecule has 1 heterocycles. The second kappa shape index (κ2) is 7.89. The van der Waals surface area contributed by atoms with E-state index in [1.807, 2.05) is 11.8 Å². The molecule has 0 spiro atoms. The summed E-state index contributed by atoms with van der Waals surface area (Å²) in [6.07, 6.45) is 1.09. The summed E-state index contributed by atoms with van der Waals surface area (Å²) in [6.45, 7) is 3.03. The molecule has 2 N–H and O–H groups in total. The van der Waals surface area contributed by atoms with Gasteiger partial charge >= 0.3 is 0 Å². The van der Waals surface area contributed by atoms with Gasteiger partial charge in [-0.25, -0.2) is 0 Å². The highest BCUT2D eigenvalue weighted by Crippen LogP contribution is 2.04. The lowest BCUT2D eigenvalue weighted by Crippen LogP contribution is -2.19. The van der Waals surface area contributed by atoms with Crippen molar-refractivity contribution in [1.82, 2.24) is 15.5 Å². The average Bonchev–Trinajstić information content (AvgIpc) is 2.38. The maximum atomic E-state index is 11.2. The topological polar surface area (TPSA) is 66.9 Å². The quantitative estimate of drug-likeness (QED) is 0.720. The molecule has 0 atom stereocenters. The lowest BCUT2D eigenvalue weighted by atomic mass is 10.3. The van der Waals surface area contributed by atoms with E-state index in [1.165, 1.54) is 0 Å². The Bertz CT molecular complexity index is 342. The zero-order valence-corrected chi connectivity index (χ0v) is 11.0. The van der Waals surface area contributed by atoms with Gasteiger partial charge in [0, 0.05) is 13.6 Å². The molecule has 5 nitrogen and oxygen atoms in total. The third kappa shape index (κ3) is 5.04. The molecule has 0 bridgehead atoms. The predicted octanol–water partition coefficient (Wildman–Crippen LogP) is 1.39. The lowest BCUT2D eigenvalue weighted by molar-refractivity contribution is 0.0957. The summed E-state index contributed by atoms with van der Waals surface area (Å²) >= 11 is 1.92. The van der Waals surface area contributed by atoms with Gasteiger partial charge in [-0.1, -0.05) is 6.92 Å². The molecule has 1 amide bonds. The van der Waals surface area contributed by atoms with Gasteiger partial charge in [0.1, 0.15) is 5.82 Å². The van der Waals surface area contributed by atoms with E-state index < -0.39 is 0 Å². The van der Waals surface area contributed by atoms with Gasteiger partial charge in [0.2, 0.25) is 0 Å². The summed E-state index contributed by atoms with van der Waals surface area (Å²) in [7, 11) is 1.57. The molecule has 0 unspecified atom stereocenters. The van der Waals surface area contributed by atoms with Crippen molar-refractivity contribution in [2.45, 2.75) is 13.3 Å². The summed E-state index contributed by atoms with van der Waals surface area (Å²) < 4.78 is 0. The monoisotopic (exact) mass is 254 g/mol. The first-order valence-electron chi connectivity index (χ1n) is 5.65. The van der Waals surface area contributed by atoms with Crippen LogP contribution in [0.2, 0.25) is 0 Å². The minimum Gasteiger partial charge on any atom is -0.369 e. The Labute approximate surface area is 106 Å². The molecule has 94 valence electrons. The van der Waals surface area contributed by atoms with Crippen molar-refractivity contribution in [3.63, 3.8) is 0 Å². The summed E-state index contributed by atoms with van der Waals surface area (Å²) in [5.74, 6) is 2.79. The van der Waals surface area contributed by atoms with Crippen molar-refractivity contribution in [2.75, 3.05) is 30.4 Å². The van der Waals surface area contributed by atoms with Crippen LogP contribution < -0.4 is 10.6 Å². The van der Waals surface area contributed by atoms with Crippen molar-refractivity contribution in [1.29, 1.82) is 0 Å². The number of rotatable bonds is 7. The van der Waals surface area contributed by atoms with Crippen LogP contribution in [-0.2, 0) is 0 Å². The minimum absolute atomic E-state index is 0.219. The molecule has 1 rings (SSSR count). The van der Waals surface area contributed by atoms with Gasteiger partial charge in [-0.2, -0.15) is 11.8 Å². The van der Waals surface area contributed by atoms with Gasteiger partial charge < -0.3 is 10.6 Å². The molecular formula is C11H18N4OS. The van der Waals surface area contributed by atoms with E-state index in [1.54, 1.807) is 19.2 Å². The number of amides is 1. The van der Waals surface area contributed by atoms with Crippen LogP contribution in [0.5, 0.6) is 0 Å². The van der Waals surface area contributed by atoms with Crippen molar-refractivity contribution in [3.05, 3.63) is 17.8 Å². The van der Waals surface area contributed by atoms with Gasteiger partial charge in [-0.05, 0) is 30.1 Å². The summed E-state index contributed by atoms with van der Waals surface area (Å²) in [5.41, 5.74) is 0.333. The molecule has 6 heteroatoms. The second-order valence-corrected chi connectivity index (χ2v) is 4.75. The zero-order chi connectivity index (χ0) is 12.5. The van der Waals surface area contributed by atoms with Crippen molar-refractivity contribution >= 4 is 23.5 Å². The molecule has 0 aliphatic heterocycles. The first-order chi connectivity index (χ1) is 8.27. The van der Waals surface area contributed by atoms with E-state index in [2.05, 4.69) is 27.8 Å². The molecule has 0 aliphatic rings. The Kier molecular flexibility index (Phi) is 6.39. The Morgan fingerprint density at radius 1 is 1.41 bits per heavy atom. The van der Waals surface area contributed by atoms with Crippen LogP contribution in [0.15, 0.2) is 12.1 Å². The third-order valence-electron chi connectivity index (χ3n) is 2.10. The largest absolute Gasteiger partial charge is 0.369 e. The Morgan fingerprint density at radius 2 is 2.24 bits per heavy atom. The lowest BCUT2D eigenvalue weighted by Gasteiger charge is -2.04. The maximum Gasteiger partial charge on any atom is 0.271 e. The van der Waals surface area contributed by atoms with Gasteiger partial charge in [-0.3, -0.25) is 4.79 Å². The number of anilines is 1. The number of carbonyl (C=O) groups is 1. The van der Waals surface area contributed by atoms with Crippen LogP contribution in [0.3, 0.4) is 0 Å². The number of aromatic nitrogens is 2. The predicted molar refractivity (Wildman–Crippen MR) is 71.5 cm³/mol. The SMILES string of the molecule is CCSCCCNc1ccc(C(=O)NC)nn1. The number of carbonyl (C=O) groups excluding carboxylic acids is 1. The minimum atomic E-state index is -0.219. The van der Waals surface area contributed by atoms with E-state index in [0.29, 0.717) is 11.5 Å². The number of thioether (sulfide) groups is 1. The van der Waals surface area contributed by atoms with Gasteiger partial charge in [0.15, 0.2) is 5.69 Å². The molecule has 1 aromatic rings. The molecule has 0 aliphatic carbocycles. The van der Waals surface area contributed by atoms with E-state index in [9.17, 15) is 4.79 Å². The zero-order valence-electron chi connectivity index (χ0n) is 10.2.